The summed E-state index contributed by atoms with van der Waals surface area (Å²) < 4.78 is 5.10. The Bertz CT molecular complexity index is 140. The van der Waals surface area contributed by atoms with Crippen molar-refractivity contribution in [2.45, 2.75) is 26.7 Å². The van der Waals surface area contributed by atoms with Crippen molar-refractivity contribution in [3.8, 4) is 0 Å². The molecule has 0 spiro atoms. The number of amides is 1. The van der Waals surface area contributed by atoms with Gasteiger partial charge in [-0.05, 0) is 25.9 Å². The first-order valence-electron chi connectivity index (χ1n) is 5.36. The van der Waals surface area contributed by atoms with E-state index in [9.17, 15) is 4.79 Å². The fourth-order valence-corrected chi connectivity index (χ4v) is 0.978. The van der Waals surface area contributed by atoms with Crippen molar-refractivity contribution >= 4 is 5.91 Å². The molecular formula is C10H22N2O2. The van der Waals surface area contributed by atoms with Gasteiger partial charge in [0.25, 0.3) is 0 Å². The van der Waals surface area contributed by atoms with Crippen molar-refractivity contribution in [1.29, 1.82) is 0 Å². The van der Waals surface area contributed by atoms with Crippen LogP contribution in [-0.2, 0) is 9.53 Å². The van der Waals surface area contributed by atoms with Crippen molar-refractivity contribution in [3.05, 3.63) is 0 Å². The number of rotatable bonds is 9. The molecule has 0 aromatic carbocycles. The minimum atomic E-state index is -0.0186. The van der Waals surface area contributed by atoms with Crippen LogP contribution >= 0.6 is 0 Å². The predicted octanol–water partition coefficient (Wildman–Crippen LogP) is 0.529. The van der Waals surface area contributed by atoms with Gasteiger partial charge < -0.3 is 15.4 Å². The average molecular weight is 202 g/mol. The van der Waals surface area contributed by atoms with Crippen molar-refractivity contribution in [2.75, 3.05) is 32.8 Å². The lowest BCUT2D eigenvalue weighted by atomic mass is 10.4. The highest BCUT2D eigenvalue weighted by Gasteiger charge is 1.98. The Kier molecular flexibility index (Phi) is 10.0. The van der Waals surface area contributed by atoms with Gasteiger partial charge in [-0.25, -0.2) is 0 Å². The van der Waals surface area contributed by atoms with Crippen LogP contribution in [-0.4, -0.2) is 38.8 Å². The Morgan fingerprint density at radius 3 is 2.71 bits per heavy atom. The van der Waals surface area contributed by atoms with Crippen LogP contribution in [0.3, 0.4) is 0 Å². The zero-order valence-corrected chi connectivity index (χ0v) is 9.27. The molecule has 14 heavy (non-hydrogen) atoms. The average Bonchev–Trinajstić information content (AvgIpc) is 2.18. The molecule has 0 aliphatic carbocycles. The summed E-state index contributed by atoms with van der Waals surface area (Å²) in [5.74, 6) is -0.0186. The van der Waals surface area contributed by atoms with Crippen LogP contribution in [0.5, 0.6) is 0 Å². The van der Waals surface area contributed by atoms with E-state index in [4.69, 9.17) is 4.74 Å². The summed E-state index contributed by atoms with van der Waals surface area (Å²) in [7, 11) is 0. The maximum Gasteiger partial charge on any atom is 0.245 e. The maximum atomic E-state index is 11.1. The van der Waals surface area contributed by atoms with E-state index in [1.165, 1.54) is 0 Å². The number of ether oxygens (including phenoxy) is 1. The van der Waals surface area contributed by atoms with E-state index in [0.717, 1.165) is 32.5 Å². The fraction of sp³-hybridized carbons (Fsp3) is 0.900. The number of hydrogen-bond donors (Lipinski definition) is 2. The minimum Gasteiger partial charge on any atom is -0.372 e. The van der Waals surface area contributed by atoms with Gasteiger partial charge in [-0.1, -0.05) is 13.8 Å². The highest BCUT2D eigenvalue weighted by molar-refractivity contribution is 5.77. The summed E-state index contributed by atoms with van der Waals surface area (Å²) >= 11 is 0. The van der Waals surface area contributed by atoms with Crippen LogP contribution in [0.2, 0.25) is 0 Å². The van der Waals surface area contributed by atoms with Crippen molar-refractivity contribution in [3.63, 3.8) is 0 Å². The molecule has 1 amide bonds. The molecule has 0 atom stereocenters. The smallest absolute Gasteiger partial charge is 0.245 e. The molecule has 4 heteroatoms. The van der Waals surface area contributed by atoms with Crippen molar-refractivity contribution in [2.24, 2.45) is 0 Å². The molecule has 0 saturated carbocycles. The van der Waals surface area contributed by atoms with Gasteiger partial charge in [0.15, 0.2) is 0 Å². The van der Waals surface area contributed by atoms with Gasteiger partial charge in [0.1, 0.15) is 6.61 Å². The van der Waals surface area contributed by atoms with E-state index < -0.39 is 0 Å². The van der Waals surface area contributed by atoms with E-state index in [1.54, 1.807) is 0 Å². The third kappa shape index (κ3) is 9.48. The van der Waals surface area contributed by atoms with E-state index in [2.05, 4.69) is 17.6 Å². The Morgan fingerprint density at radius 1 is 1.29 bits per heavy atom. The van der Waals surface area contributed by atoms with E-state index >= 15 is 0 Å². The van der Waals surface area contributed by atoms with Crippen LogP contribution in [0.25, 0.3) is 0 Å². The molecule has 0 aliphatic rings. The molecule has 0 aliphatic heterocycles. The summed E-state index contributed by atoms with van der Waals surface area (Å²) in [6, 6.07) is 0. The van der Waals surface area contributed by atoms with Gasteiger partial charge in [-0.3, -0.25) is 4.79 Å². The molecule has 0 heterocycles. The predicted molar refractivity (Wildman–Crippen MR) is 57.3 cm³/mol. The van der Waals surface area contributed by atoms with Crippen LogP contribution in [0.1, 0.15) is 26.7 Å². The third-order valence-corrected chi connectivity index (χ3v) is 1.68. The lowest BCUT2D eigenvalue weighted by Gasteiger charge is -2.05. The summed E-state index contributed by atoms with van der Waals surface area (Å²) in [6.45, 7) is 7.59. The fourth-order valence-electron chi connectivity index (χ4n) is 0.978. The van der Waals surface area contributed by atoms with Gasteiger partial charge >= 0.3 is 0 Å². The van der Waals surface area contributed by atoms with Gasteiger partial charge in [0.05, 0.1) is 0 Å². The van der Waals surface area contributed by atoms with Crippen molar-refractivity contribution < 1.29 is 9.53 Å². The monoisotopic (exact) mass is 202 g/mol. The largest absolute Gasteiger partial charge is 0.372 e. The molecule has 84 valence electrons. The zero-order chi connectivity index (χ0) is 10.6. The van der Waals surface area contributed by atoms with Gasteiger partial charge in [0.2, 0.25) is 5.91 Å². The molecular weight excluding hydrogens is 180 g/mol. The van der Waals surface area contributed by atoms with Crippen LogP contribution in [0, 0.1) is 0 Å². The standard InChI is InChI=1S/C10H22N2O2/c1-3-8-14-9-10(13)12-7-5-6-11-4-2/h11H,3-9H2,1-2H3,(H,12,13). The summed E-state index contributed by atoms with van der Waals surface area (Å²) in [5, 5.41) is 5.99. The first kappa shape index (κ1) is 13.4. The van der Waals surface area contributed by atoms with Crippen LogP contribution in [0.4, 0.5) is 0 Å². The molecule has 0 saturated heterocycles. The highest BCUT2D eigenvalue weighted by Crippen LogP contribution is 1.80. The second kappa shape index (κ2) is 10.5. The molecule has 0 rings (SSSR count). The lowest BCUT2D eigenvalue weighted by Crippen LogP contribution is -2.30. The number of nitrogens with one attached hydrogen (secondary N) is 2. The maximum absolute atomic E-state index is 11.1. The summed E-state index contributed by atoms with van der Waals surface area (Å²) in [6.07, 6.45) is 1.92. The number of hydrogen-bond acceptors (Lipinski definition) is 3. The zero-order valence-electron chi connectivity index (χ0n) is 9.27. The Labute approximate surface area is 86.4 Å². The van der Waals surface area contributed by atoms with Gasteiger partial charge in [0, 0.05) is 13.2 Å². The van der Waals surface area contributed by atoms with Gasteiger partial charge in [-0.15, -0.1) is 0 Å². The molecule has 0 bridgehead atoms. The Morgan fingerprint density at radius 2 is 2.07 bits per heavy atom. The first-order valence-corrected chi connectivity index (χ1v) is 5.36. The summed E-state index contributed by atoms with van der Waals surface area (Å²) in [4.78, 5) is 11.1. The Hall–Kier alpha value is -0.610. The third-order valence-electron chi connectivity index (χ3n) is 1.68. The van der Waals surface area contributed by atoms with E-state index in [-0.39, 0.29) is 12.5 Å². The first-order chi connectivity index (χ1) is 6.81. The van der Waals surface area contributed by atoms with Crippen LogP contribution in [0.15, 0.2) is 0 Å². The topological polar surface area (TPSA) is 50.4 Å². The normalized spacial score (nSPS) is 10.1. The number of carbonyl (C=O) groups excluding carboxylic acids is 1. The van der Waals surface area contributed by atoms with E-state index in [1.807, 2.05) is 6.92 Å². The second-order valence-electron chi connectivity index (χ2n) is 3.11. The van der Waals surface area contributed by atoms with Crippen molar-refractivity contribution in [1.82, 2.24) is 10.6 Å². The molecule has 0 aromatic rings. The SMILES string of the molecule is CCCOCC(=O)NCCCNCC. The lowest BCUT2D eigenvalue weighted by molar-refractivity contribution is -0.125. The van der Waals surface area contributed by atoms with Gasteiger partial charge in [-0.2, -0.15) is 0 Å². The highest BCUT2D eigenvalue weighted by atomic mass is 16.5. The molecule has 4 nitrogen and oxygen atoms in total. The number of carbonyl (C=O) groups is 1. The Balaban J connectivity index is 3.10. The summed E-state index contributed by atoms with van der Waals surface area (Å²) in [5.41, 5.74) is 0. The van der Waals surface area contributed by atoms with E-state index in [0.29, 0.717) is 6.61 Å². The molecule has 2 N–H and O–H groups in total. The quantitative estimate of drug-likeness (QED) is 0.536. The minimum absolute atomic E-state index is 0.0186. The second-order valence-corrected chi connectivity index (χ2v) is 3.11. The molecule has 0 aromatic heterocycles. The molecule has 0 radical (unpaired) electrons. The van der Waals surface area contributed by atoms with Crippen LogP contribution < -0.4 is 10.6 Å². The molecule has 0 fully saturated rings. The molecule has 0 unspecified atom stereocenters.